The van der Waals surface area contributed by atoms with E-state index in [-0.39, 0.29) is 36.5 Å². The highest BCUT2D eigenvalue weighted by atomic mass is 16.5. The summed E-state index contributed by atoms with van der Waals surface area (Å²) in [7, 11) is 0. The van der Waals surface area contributed by atoms with Gasteiger partial charge < -0.3 is 10.1 Å². The summed E-state index contributed by atoms with van der Waals surface area (Å²) in [4.78, 5) is 47.3. The second kappa shape index (κ2) is 10.6. The van der Waals surface area contributed by atoms with Gasteiger partial charge in [0.05, 0.1) is 6.42 Å². The number of nitrogens with zero attached hydrogens (tertiary/aromatic N) is 1. The zero-order valence-corrected chi connectivity index (χ0v) is 15.7. The summed E-state index contributed by atoms with van der Waals surface area (Å²) in [6.07, 6.45) is 2.30. The molecule has 1 aromatic carbocycles. The third-order valence-electron chi connectivity index (χ3n) is 4.39. The van der Waals surface area contributed by atoms with Crippen molar-refractivity contribution in [2.24, 2.45) is 0 Å². The van der Waals surface area contributed by atoms with Gasteiger partial charge in [-0.3, -0.25) is 24.1 Å². The van der Waals surface area contributed by atoms with Crippen LogP contribution in [0.3, 0.4) is 0 Å². The Morgan fingerprint density at radius 1 is 1.15 bits per heavy atom. The normalized spacial score (nSPS) is 13.2. The Bertz CT molecular complexity index is 684. The lowest BCUT2D eigenvalue weighted by atomic mass is 10.1. The maximum absolute atomic E-state index is 11.9. The van der Waals surface area contributed by atoms with E-state index in [1.807, 2.05) is 31.2 Å². The summed E-state index contributed by atoms with van der Waals surface area (Å²) < 4.78 is 5.25. The van der Waals surface area contributed by atoms with Crippen molar-refractivity contribution >= 4 is 23.5 Å². The van der Waals surface area contributed by atoms with Crippen LogP contribution in [-0.2, 0) is 36.9 Å². The summed E-state index contributed by atoms with van der Waals surface area (Å²) >= 11 is 0. The molecule has 1 aliphatic heterocycles. The zero-order chi connectivity index (χ0) is 19.6. The third kappa shape index (κ3) is 6.94. The minimum absolute atomic E-state index is 0.0310. The van der Waals surface area contributed by atoms with E-state index in [2.05, 4.69) is 5.32 Å². The Kier molecular flexibility index (Phi) is 8.13. The number of hydrogen-bond acceptors (Lipinski definition) is 5. The first-order valence-corrected chi connectivity index (χ1v) is 9.26. The van der Waals surface area contributed by atoms with Crippen LogP contribution in [0.1, 0.15) is 43.7 Å². The van der Waals surface area contributed by atoms with Gasteiger partial charge in [0.25, 0.3) is 0 Å². The van der Waals surface area contributed by atoms with Crippen LogP contribution in [0.2, 0.25) is 0 Å². The van der Waals surface area contributed by atoms with E-state index < -0.39 is 0 Å². The number of ether oxygens (including phenoxy) is 1. The second-order valence-corrected chi connectivity index (χ2v) is 6.51. The highest BCUT2D eigenvalue weighted by Crippen LogP contribution is 2.12. The molecular formula is C20H26N2O5. The Hall–Kier alpha value is -2.54. The lowest BCUT2D eigenvalue weighted by molar-refractivity contribution is -0.151. The summed E-state index contributed by atoms with van der Waals surface area (Å²) in [5, 5.41) is 2.76. The van der Waals surface area contributed by atoms with Crippen molar-refractivity contribution in [1.82, 2.24) is 10.2 Å². The number of imide groups is 1. The number of carbonyl (C=O) groups excluding carboxylic acids is 4. The van der Waals surface area contributed by atoms with E-state index in [4.69, 9.17) is 4.74 Å². The van der Waals surface area contributed by atoms with Gasteiger partial charge in [0, 0.05) is 39.0 Å². The lowest BCUT2D eigenvalue weighted by Crippen LogP contribution is -2.48. The number of likely N-dealkylation sites (tertiary alicyclic amines) is 1. The van der Waals surface area contributed by atoms with Crippen LogP contribution in [-0.4, -0.2) is 48.2 Å². The quantitative estimate of drug-likeness (QED) is 0.467. The van der Waals surface area contributed by atoms with Crippen molar-refractivity contribution in [2.75, 3.05) is 19.8 Å². The monoisotopic (exact) mass is 374 g/mol. The van der Waals surface area contributed by atoms with E-state index in [1.165, 1.54) is 4.90 Å². The van der Waals surface area contributed by atoms with Gasteiger partial charge in [-0.2, -0.15) is 0 Å². The van der Waals surface area contributed by atoms with Gasteiger partial charge in [-0.15, -0.1) is 0 Å². The Balaban J connectivity index is 1.63. The summed E-state index contributed by atoms with van der Waals surface area (Å²) in [6, 6.07) is 7.34. The number of rotatable bonds is 11. The predicted molar refractivity (Wildman–Crippen MR) is 98.7 cm³/mol. The number of benzene rings is 1. The standard InChI is InChI=1S/C20H26N2O5/c1-2-17(23)4-3-11-27-14-18(24)21-13-16-7-5-15(6-8-16)12-20(26)22-10-9-19(22)25/h5-8H,2-4,9-14H2,1H3,(H,21,24). The summed E-state index contributed by atoms with van der Waals surface area (Å²) in [5.74, 6) is -0.305. The van der Waals surface area contributed by atoms with Crippen LogP contribution in [0, 0.1) is 0 Å². The lowest BCUT2D eigenvalue weighted by Gasteiger charge is -2.28. The zero-order valence-electron chi connectivity index (χ0n) is 15.7. The first-order valence-electron chi connectivity index (χ1n) is 9.26. The highest BCUT2D eigenvalue weighted by Gasteiger charge is 2.29. The van der Waals surface area contributed by atoms with Crippen molar-refractivity contribution in [3.8, 4) is 0 Å². The largest absolute Gasteiger partial charge is 0.372 e. The van der Waals surface area contributed by atoms with Crippen molar-refractivity contribution in [3.05, 3.63) is 35.4 Å². The number of hydrogen-bond donors (Lipinski definition) is 1. The number of ketones is 1. The molecule has 7 nitrogen and oxygen atoms in total. The van der Waals surface area contributed by atoms with Gasteiger partial charge in [0.2, 0.25) is 17.7 Å². The summed E-state index contributed by atoms with van der Waals surface area (Å²) in [5.41, 5.74) is 1.74. The second-order valence-electron chi connectivity index (χ2n) is 6.51. The molecule has 1 heterocycles. The first kappa shape index (κ1) is 20.8. The highest BCUT2D eigenvalue weighted by molar-refractivity contribution is 6.00. The number of β-lactam (4-membered cyclic amide) rings is 1. The van der Waals surface area contributed by atoms with Crippen LogP contribution < -0.4 is 5.32 Å². The smallest absolute Gasteiger partial charge is 0.246 e. The van der Waals surface area contributed by atoms with Crippen LogP contribution in [0.5, 0.6) is 0 Å². The molecular weight excluding hydrogens is 348 g/mol. The molecule has 0 radical (unpaired) electrons. The average Bonchev–Trinajstić information content (AvgIpc) is 2.65. The van der Waals surface area contributed by atoms with Crippen LogP contribution >= 0.6 is 0 Å². The molecule has 0 aliphatic carbocycles. The molecule has 146 valence electrons. The fourth-order valence-corrected chi connectivity index (χ4v) is 2.59. The average molecular weight is 374 g/mol. The summed E-state index contributed by atoms with van der Waals surface area (Å²) in [6.45, 7) is 3.07. The topological polar surface area (TPSA) is 92.8 Å². The van der Waals surface area contributed by atoms with Gasteiger partial charge >= 0.3 is 0 Å². The molecule has 1 aromatic rings. The minimum atomic E-state index is -0.215. The molecule has 0 saturated carbocycles. The van der Waals surface area contributed by atoms with Gasteiger partial charge in [-0.25, -0.2) is 0 Å². The third-order valence-corrected chi connectivity index (χ3v) is 4.39. The van der Waals surface area contributed by atoms with Gasteiger partial charge in [-0.1, -0.05) is 31.2 Å². The Morgan fingerprint density at radius 2 is 1.85 bits per heavy atom. The molecule has 3 amide bonds. The molecule has 7 heteroatoms. The van der Waals surface area contributed by atoms with E-state index in [0.717, 1.165) is 11.1 Å². The van der Waals surface area contributed by atoms with E-state index in [9.17, 15) is 19.2 Å². The Labute approximate surface area is 159 Å². The van der Waals surface area contributed by atoms with Crippen molar-refractivity contribution in [1.29, 1.82) is 0 Å². The minimum Gasteiger partial charge on any atom is -0.372 e. The number of nitrogens with one attached hydrogen (secondary N) is 1. The first-order chi connectivity index (χ1) is 13.0. The fourth-order valence-electron chi connectivity index (χ4n) is 2.59. The SMILES string of the molecule is CCC(=O)CCCOCC(=O)NCc1ccc(CC(=O)N2CCC2=O)cc1. The molecule has 0 unspecified atom stereocenters. The van der Waals surface area contributed by atoms with Crippen molar-refractivity contribution in [2.45, 2.75) is 45.6 Å². The van der Waals surface area contributed by atoms with Gasteiger partial charge in [-0.05, 0) is 17.5 Å². The van der Waals surface area contributed by atoms with Crippen LogP contribution in [0.4, 0.5) is 0 Å². The van der Waals surface area contributed by atoms with E-state index >= 15 is 0 Å². The van der Waals surface area contributed by atoms with E-state index in [0.29, 0.717) is 45.4 Å². The van der Waals surface area contributed by atoms with Gasteiger partial charge in [0.15, 0.2) is 0 Å². The molecule has 1 fully saturated rings. The van der Waals surface area contributed by atoms with Crippen molar-refractivity contribution < 1.29 is 23.9 Å². The molecule has 0 aromatic heterocycles. The molecule has 0 spiro atoms. The maximum Gasteiger partial charge on any atom is 0.246 e. The van der Waals surface area contributed by atoms with Gasteiger partial charge in [0.1, 0.15) is 12.4 Å². The number of amides is 3. The van der Waals surface area contributed by atoms with Crippen LogP contribution in [0.15, 0.2) is 24.3 Å². The molecule has 27 heavy (non-hydrogen) atoms. The Morgan fingerprint density at radius 3 is 2.44 bits per heavy atom. The number of Topliss-reactive ketones (excluding diaryl/α,β-unsaturated/α-hetero) is 1. The molecule has 2 rings (SSSR count). The van der Waals surface area contributed by atoms with E-state index in [1.54, 1.807) is 0 Å². The molecule has 0 bridgehead atoms. The fraction of sp³-hybridized carbons (Fsp3) is 0.500. The van der Waals surface area contributed by atoms with Crippen LogP contribution in [0.25, 0.3) is 0 Å². The molecule has 1 N–H and O–H groups in total. The van der Waals surface area contributed by atoms with Crippen molar-refractivity contribution in [3.63, 3.8) is 0 Å². The maximum atomic E-state index is 11.9. The predicted octanol–water partition coefficient (Wildman–Crippen LogP) is 1.38. The number of carbonyl (C=O) groups is 4. The molecule has 1 saturated heterocycles. The molecule has 1 aliphatic rings. The molecule has 0 atom stereocenters.